The van der Waals surface area contributed by atoms with Crippen molar-refractivity contribution in [3.8, 4) is 11.8 Å². The number of ether oxygens (including phenoxy) is 1. The molecular formula is C26H22N2O4. The molecule has 0 spiro atoms. The van der Waals surface area contributed by atoms with Gasteiger partial charge < -0.3 is 15.2 Å². The van der Waals surface area contributed by atoms with E-state index in [0.717, 1.165) is 16.7 Å². The number of nitrogens with zero attached hydrogens (tertiary/aromatic N) is 1. The Hall–Kier alpha value is -4.37. The van der Waals surface area contributed by atoms with Crippen molar-refractivity contribution in [2.75, 3.05) is 5.32 Å². The number of nitriles is 1. The third kappa shape index (κ3) is 5.61. The number of hydrogen-bond donors (Lipinski definition) is 2. The highest BCUT2D eigenvalue weighted by Gasteiger charge is 2.13. The second-order valence-corrected chi connectivity index (χ2v) is 7.27. The van der Waals surface area contributed by atoms with E-state index >= 15 is 0 Å². The Morgan fingerprint density at radius 2 is 1.78 bits per heavy atom. The van der Waals surface area contributed by atoms with Crippen LogP contribution in [0.3, 0.4) is 0 Å². The smallest absolute Gasteiger partial charge is 0.335 e. The standard InChI is InChI=1S/C26H22N2O4/c1-17-7-8-18(2)23(13-17)28-25(29)22(15-27)14-21-5-3-4-6-24(21)32-16-19-9-11-20(12-10-19)26(30)31/h3-14H,16H2,1-2H3,(H,28,29)(H,30,31)/b22-14+. The minimum absolute atomic E-state index is 0.0484. The molecule has 0 atom stereocenters. The molecule has 1 amide bonds. The van der Waals surface area contributed by atoms with E-state index in [1.807, 2.05) is 38.1 Å². The van der Waals surface area contributed by atoms with Crippen LogP contribution in [0.5, 0.6) is 5.75 Å². The summed E-state index contributed by atoms with van der Waals surface area (Å²) in [5, 5.41) is 21.4. The quantitative estimate of drug-likeness (QED) is 0.403. The monoisotopic (exact) mass is 426 g/mol. The Morgan fingerprint density at radius 3 is 2.47 bits per heavy atom. The van der Waals surface area contributed by atoms with Gasteiger partial charge in [-0.2, -0.15) is 5.26 Å². The maximum absolute atomic E-state index is 12.7. The molecule has 0 unspecified atom stereocenters. The van der Waals surface area contributed by atoms with Crippen molar-refractivity contribution in [2.45, 2.75) is 20.5 Å². The van der Waals surface area contributed by atoms with Crippen molar-refractivity contribution in [3.05, 3.63) is 100 Å². The van der Waals surface area contributed by atoms with Crippen LogP contribution in [0.2, 0.25) is 0 Å². The minimum atomic E-state index is -0.990. The number of nitrogens with one attached hydrogen (secondary N) is 1. The minimum Gasteiger partial charge on any atom is -0.488 e. The fraction of sp³-hybridized carbons (Fsp3) is 0.115. The molecule has 3 aromatic rings. The predicted octanol–water partition coefficient (Wildman–Crippen LogP) is 5.13. The lowest BCUT2D eigenvalue weighted by atomic mass is 10.1. The summed E-state index contributed by atoms with van der Waals surface area (Å²) in [6.45, 7) is 4.03. The van der Waals surface area contributed by atoms with Crippen LogP contribution < -0.4 is 10.1 Å². The summed E-state index contributed by atoms with van der Waals surface area (Å²) < 4.78 is 5.87. The van der Waals surface area contributed by atoms with Crippen LogP contribution in [0.1, 0.15) is 32.6 Å². The molecule has 2 N–H and O–H groups in total. The molecule has 160 valence electrons. The number of amides is 1. The zero-order valence-corrected chi connectivity index (χ0v) is 17.8. The average molecular weight is 426 g/mol. The average Bonchev–Trinajstić information content (AvgIpc) is 2.79. The maximum atomic E-state index is 12.7. The molecule has 0 bridgehead atoms. The van der Waals surface area contributed by atoms with E-state index in [4.69, 9.17) is 9.84 Å². The summed E-state index contributed by atoms with van der Waals surface area (Å²) in [7, 11) is 0. The summed E-state index contributed by atoms with van der Waals surface area (Å²) in [5.41, 5.74) is 4.09. The fourth-order valence-electron chi connectivity index (χ4n) is 3.00. The van der Waals surface area contributed by atoms with Crippen LogP contribution >= 0.6 is 0 Å². The maximum Gasteiger partial charge on any atom is 0.335 e. The molecule has 0 aromatic heterocycles. The molecule has 6 heteroatoms. The van der Waals surface area contributed by atoms with Gasteiger partial charge >= 0.3 is 5.97 Å². The van der Waals surface area contributed by atoms with E-state index in [2.05, 4.69) is 5.32 Å². The molecule has 3 rings (SSSR count). The largest absolute Gasteiger partial charge is 0.488 e. The van der Waals surface area contributed by atoms with Crippen LogP contribution in [0, 0.1) is 25.2 Å². The van der Waals surface area contributed by atoms with Crippen molar-refractivity contribution in [1.29, 1.82) is 5.26 Å². The van der Waals surface area contributed by atoms with E-state index in [1.165, 1.54) is 18.2 Å². The third-order valence-corrected chi connectivity index (χ3v) is 4.82. The zero-order chi connectivity index (χ0) is 23.1. The molecule has 32 heavy (non-hydrogen) atoms. The predicted molar refractivity (Wildman–Crippen MR) is 122 cm³/mol. The normalized spacial score (nSPS) is 10.8. The molecule has 3 aromatic carbocycles. The molecular weight excluding hydrogens is 404 g/mol. The van der Waals surface area contributed by atoms with Gasteiger partial charge in [0, 0.05) is 11.3 Å². The molecule has 0 aliphatic heterocycles. The summed E-state index contributed by atoms with van der Waals surface area (Å²) in [6, 6.07) is 21.1. The van der Waals surface area contributed by atoms with Gasteiger partial charge in [0.15, 0.2) is 0 Å². The van der Waals surface area contributed by atoms with Crippen molar-refractivity contribution in [3.63, 3.8) is 0 Å². The van der Waals surface area contributed by atoms with Gasteiger partial charge in [-0.1, -0.05) is 42.5 Å². The van der Waals surface area contributed by atoms with Gasteiger partial charge in [-0.3, -0.25) is 4.79 Å². The molecule has 0 saturated heterocycles. The van der Waals surface area contributed by atoms with Gasteiger partial charge in [-0.25, -0.2) is 4.79 Å². The first kappa shape index (κ1) is 22.3. The Labute approximate surface area is 186 Å². The number of carboxylic acids is 1. The number of benzene rings is 3. The van der Waals surface area contributed by atoms with Gasteiger partial charge in [-0.05, 0) is 60.9 Å². The second-order valence-electron chi connectivity index (χ2n) is 7.27. The lowest BCUT2D eigenvalue weighted by Crippen LogP contribution is -2.14. The number of anilines is 1. The third-order valence-electron chi connectivity index (χ3n) is 4.82. The van der Waals surface area contributed by atoms with Crippen LogP contribution in [0.4, 0.5) is 5.69 Å². The summed E-state index contributed by atoms with van der Waals surface area (Å²) >= 11 is 0. The lowest BCUT2D eigenvalue weighted by molar-refractivity contribution is -0.112. The van der Waals surface area contributed by atoms with E-state index < -0.39 is 11.9 Å². The van der Waals surface area contributed by atoms with Crippen molar-refractivity contribution >= 4 is 23.6 Å². The number of carbonyl (C=O) groups excluding carboxylic acids is 1. The van der Waals surface area contributed by atoms with E-state index in [-0.39, 0.29) is 17.7 Å². The first-order chi connectivity index (χ1) is 15.4. The summed E-state index contributed by atoms with van der Waals surface area (Å²) in [5.74, 6) is -0.988. The first-order valence-electron chi connectivity index (χ1n) is 9.92. The van der Waals surface area contributed by atoms with E-state index in [9.17, 15) is 14.9 Å². The summed E-state index contributed by atoms with van der Waals surface area (Å²) in [4.78, 5) is 23.7. The van der Waals surface area contributed by atoms with Crippen molar-refractivity contribution in [2.24, 2.45) is 0 Å². The van der Waals surface area contributed by atoms with E-state index in [0.29, 0.717) is 17.0 Å². The van der Waals surface area contributed by atoms with Crippen molar-refractivity contribution < 1.29 is 19.4 Å². The molecule has 0 heterocycles. The van der Waals surface area contributed by atoms with E-state index in [1.54, 1.807) is 36.4 Å². The Bertz CT molecular complexity index is 1220. The number of aromatic carboxylic acids is 1. The molecule has 0 aliphatic rings. The number of carboxylic acid groups (broad SMARTS) is 1. The zero-order valence-electron chi connectivity index (χ0n) is 17.8. The van der Waals surface area contributed by atoms with Crippen LogP contribution in [0.25, 0.3) is 6.08 Å². The highest BCUT2D eigenvalue weighted by molar-refractivity contribution is 6.10. The number of rotatable bonds is 7. The van der Waals surface area contributed by atoms with Gasteiger partial charge in [-0.15, -0.1) is 0 Å². The Balaban J connectivity index is 1.78. The molecule has 0 radical (unpaired) electrons. The SMILES string of the molecule is Cc1ccc(C)c(NC(=O)/C(C#N)=C/c2ccccc2OCc2ccc(C(=O)O)cc2)c1. The second kappa shape index (κ2) is 10.1. The molecule has 6 nitrogen and oxygen atoms in total. The first-order valence-corrected chi connectivity index (χ1v) is 9.92. The van der Waals surface area contributed by atoms with Crippen LogP contribution in [0.15, 0.2) is 72.3 Å². The van der Waals surface area contributed by atoms with Crippen LogP contribution in [-0.4, -0.2) is 17.0 Å². The Kier molecular flexibility index (Phi) is 7.04. The van der Waals surface area contributed by atoms with Gasteiger partial charge in [0.25, 0.3) is 5.91 Å². The number of aryl methyl sites for hydroxylation is 2. The number of carbonyl (C=O) groups is 2. The highest BCUT2D eigenvalue weighted by Crippen LogP contribution is 2.23. The highest BCUT2D eigenvalue weighted by atomic mass is 16.5. The van der Waals surface area contributed by atoms with Crippen molar-refractivity contribution in [1.82, 2.24) is 0 Å². The molecule has 0 saturated carbocycles. The summed E-state index contributed by atoms with van der Waals surface area (Å²) in [6.07, 6.45) is 1.49. The van der Waals surface area contributed by atoms with Gasteiger partial charge in [0.2, 0.25) is 0 Å². The lowest BCUT2D eigenvalue weighted by Gasteiger charge is -2.11. The Morgan fingerprint density at radius 1 is 1.06 bits per heavy atom. The number of para-hydroxylation sites is 1. The topological polar surface area (TPSA) is 99.4 Å². The number of hydrogen-bond acceptors (Lipinski definition) is 4. The van der Waals surface area contributed by atoms with Gasteiger partial charge in [0.1, 0.15) is 24.0 Å². The fourth-order valence-corrected chi connectivity index (χ4v) is 3.00. The molecule has 0 fully saturated rings. The molecule has 0 aliphatic carbocycles. The van der Waals surface area contributed by atoms with Crippen LogP contribution in [-0.2, 0) is 11.4 Å². The van der Waals surface area contributed by atoms with Gasteiger partial charge in [0.05, 0.1) is 5.56 Å².